The summed E-state index contributed by atoms with van der Waals surface area (Å²) in [7, 11) is 0. The summed E-state index contributed by atoms with van der Waals surface area (Å²) in [4.78, 5) is 69.7. The van der Waals surface area contributed by atoms with Gasteiger partial charge in [0.05, 0.1) is 0 Å². The van der Waals surface area contributed by atoms with Gasteiger partial charge in [-0.05, 0) is 0 Å². The number of alkyl halides is 1. The van der Waals surface area contributed by atoms with E-state index in [9.17, 15) is 32.5 Å². The van der Waals surface area contributed by atoms with Gasteiger partial charge >= 0.3 is 225 Å². The summed E-state index contributed by atoms with van der Waals surface area (Å²) in [5.74, 6) is -5.26. The molecule has 203 valence electrons. The van der Waals surface area contributed by atoms with Crippen LogP contribution in [-0.2, 0) is 32.5 Å². The molecule has 0 aliphatic carbocycles. The van der Waals surface area contributed by atoms with Crippen molar-refractivity contribution in [2.24, 2.45) is 5.73 Å². The van der Waals surface area contributed by atoms with E-state index in [1.54, 1.807) is 18.2 Å². The third kappa shape index (κ3) is 13.5. The Labute approximate surface area is 234 Å². The van der Waals surface area contributed by atoms with E-state index in [0.717, 1.165) is 11.8 Å². The molecule has 0 aliphatic rings. The van der Waals surface area contributed by atoms with Crippen molar-refractivity contribution in [3.05, 3.63) is 24.3 Å². The fraction of sp³-hybridized carbons (Fsp3) is 0.400. The number of anilines is 1. The van der Waals surface area contributed by atoms with Gasteiger partial charge in [0.15, 0.2) is 0 Å². The molecule has 17 heteroatoms. The molecule has 1 aromatic rings. The van der Waals surface area contributed by atoms with E-state index < -0.39 is 63.1 Å². The Morgan fingerprint density at radius 3 is 2.41 bits per heavy atom. The minimum absolute atomic E-state index is 0.126. The Hall–Kier alpha value is -2.56. The van der Waals surface area contributed by atoms with E-state index in [2.05, 4.69) is 20.2 Å². The van der Waals surface area contributed by atoms with E-state index in [-0.39, 0.29) is 34.7 Å². The van der Waals surface area contributed by atoms with Crippen LogP contribution in [0.4, 0.5) is 5.69 Å². The number of amides is 4. The predicted octanol–water partition coefficient (Wildman–Crippen LogP) is -2.09. The number of nitrogens with two attached hydrogens (primary N) is 1. The van der Waals surface area contributed by atoms with E-state index in [4.69, 9.17) is 15.9 Å². The van der Waals surface area contributed by atoms with Crippen molar-refractivity contribution in [2.75, 3.05) is 27.8 Å². The topological polar surface area (TPSA) is 234 Å². The predicted molar refractivity (Wildman–Crippen MR) is 143 cm³/mol. The number of aliphatic carboxylic acids is 2. The van der Waals surface area contributed by atoms with Crippen LogP contribution in [0.15, 0.2) is 24.3 Å². The third-order valence-electron chi connectivity index (χ3n) is 4.29. The van der Waals surface area contributed by atoms with E-state index in [1.807, 2.05) is 22.6 Å². The summed E-state index contributed by atoms with van der Waals surface area (Å²) >= 11 is -0.403. The molecule has 14 nitrogen and oxygen atoms in total. The van der Waals surface area contributed by atoms with E-state index >= 15 is 0 Å². The summed E-state index contributed by atoms with van der Waals surface area (Å²) in [5.41, 5.74) is 5.79. The molecule has 1 radical (unpaired) electrons. The van der Waals surface area contributed by atoms with E-state index in [0.29, 0.717) is 10.0 Å². The SMILES string of the molecule is N[C@@H](CCC(=O)N[C@@H](CSCC(=O)N[As](=O)c1cccc(NC(=O)CI)c1)C(=O)NCC(=O)O)C(=O)O. The molecule has 0 saturated carbocycles. The van der Waals surface area contributed by atoms with Crippen molar-refractivity contribution >= 4 is 94.8 Å². The second-order valence-electron chi connectivity index (χ2n) is 7.29. The van der Waals surface area contributed by atoms with E-state index in [1.165, 1.54) is 6.07 Å². The number of hydrogen-bond acceptors (Lipinski definition) is 9. The fourth-order valence-corrected chi connectivity index (χ4v) is 5.71. The first-order valence-electron chi connectivity index (χ1n) is 10.5. The van der Waals surface area contributed by atoms with Gasteiger partial charge in [0, 0.05) is 0 Å². The average molecular weight is 714 g/mol. The van der Waals surface area contributed by atoms with Crippen molar-refractivity contribution in [1.82, 2.24) is 14.9 Å². The van der Waals surface area contributed by atoms with Gasteiger partial charge in [-0.2, -0.15) is 0 Å². The summed E-state index contributed by atoms with van der Waals surface area (Å²) < 4.78 is 15.6. The first-order valence-corrected chi connectivity index (χ1v) is 15.8. The van der Waals surface area contributed by atoms with Crippen LogP contribution in [-0.4, -0.2) is 95.2 Å². The second kappa shape index (κ2) is 17.0. The van der Waals surface area contributed by atoms with Gasteiger partial charge in [0.25, 0.3) is 0 Å². The number of carbonyl (C=O) groups is 6. The van der Waals surface area contributed by atoms with Crippen LogP contribution in [0.1, 0.15) is 12.8 Å². The number of hydrogen-bond donors (Lipinski definition) is 7. The zero-order chi connectivity index (χ0) is 28.0. The molecule has 1 rings (SSSR count). The molecule has 4 amide bonds. The van der Waals surface area contributed by atoms with Crippen LogP contribution < -0.4 is 30.3 Å². The molecular weight excluding hydrogens is 688 g/mol. The normalized spacial score (nSPS) is 12.4. The second-order valence-corrected chi connectivity index (χ2v) is 11.9. The number of thioether (sulfide) groups is 1. The Bertz CT molecular complexity index is 1050. The minimum Gasteiger partial charge on any atom is -0.480 e. The van der Waals surface area contributed by atoms with Crippen LogP contribution in [0.3, 0.4) is 0 Å². The quantitative estimate of drug-likeness (QED) is 0.0558. The summed E-state index contributed by atoms with van der Waals surface area (Å²) in [6.45, 7) is -0.693. The maximum atomic E-state index is 12.6. The molecule has 0 fully saturated rings. The average Bonchev–Trinajstić information content (AvgIpc) is 2.84. The van der Waals surface area contributed by atoms with Crippen molar-refractivity contribution in [3.63, 3.8) is 0 Å². The molecule has 3 atom stereocenters. The third-order valence-corrected chi connectivity index (χ3v) is 8.54. The molecule has 0 heterocycles. The molecule has 1 unspecified atom stereocenters. The Balaban J connectivity index is 2.66. The van der Waals surface area contributed by atoms with Crippen LogP contribution in [0.2, 0.25) is 0 Å². The maximum absolute atomic E-state index is 12.6. The summed E-state index contributed by atoms with van der Waals surface area (Å²) in [6, 6.07) is 3.77. The Morgan fingerprint density at radius 2 is 1.78 bits per heavy atom. The molecule has 0 saturated heterocycles. The monoisotopic (exact) mass is 714 g/mol. The number of halogens is 1. The molecular formula is C20H26AsIN5O9S. The first-order chi connectivity index (χ1) is 17.4. The standard InChI is InChI=1S/C20H26AsIN5O9S/c22-7-16(29)25-12-3-1-2-11(6-12)21(36)27-17(30)10-37-9-14(19(33)24-8-18(31)32)26-15(28)5-4-13(23)20(34)35/h1-3,6,13-14H,4-5,7-10,23H2,(H,24,33)(H,25,29)(H,26,28)(H,31,32)(H,34,35)(H,27,30,36)/t13-,14-/m0/s1. The van der Waals surface area contributed by atoms with Crippen LogP contribution in [0.5, 0.6) is 0 Å². The molecule has 0 spiro atoms. The van der Waals surface area contributed by atoms with Gasteiger partial charge in [0.2, 0.25) is 0 Å². The number of nitrogens with one attached hydrogen (secondary N) is 4. The number of carbonyl (C=O) groups excluding carboxylic acids is 4. The van der Waals surface area contributed by atoms with Gasteiger partial charge in [-0.15, -0.1) is 0 Å². The molecule has 0 bridgehead atoms. The van der Waals surface area contributed by atoms with Gasteiger partial charge < -0.3 is 5.11 Å². The minimum atomic E-state index is -3.23. The molecule has 0 aliphatic heterocycles. The van der Waals surface area contributed by atoms with Crippen molar-refractivity contribution in [1.29, 1.82) is 0 Å². The Morgan fingerprint density at radius 1 is 1.08 bits per heavy atom. The Kier molecular flexibility index (Phi) is 15.0. The number of benzene rings is 1. The molecule has 37 heavy (non-hydrogen) atoms. The van der Waals surface area contributed by atoms with Crippen LogP contribution in [0.25, 0.3) is 0 Å². The number of carboxylic acids is 2. The van der Waals surface area contributed by atoms with Gasteiger partial charge in [-0.25, -0.2) is 0 Å². The molecule has 1 aromatic carbocycles. The number of carboxylic acid groups (broad SMARTS) is 2. The van der Waals surface area contributed by atoms with Crippen LogP contribution >= 0.6 is 34.4 Å². The van der Waals surface area contributed by atoms with Crippen molar-refractivity contribution in [3.8, 4) is 0 Å². The van der Waals surface area contributed by atoms with Gasteiger partial charge in [-0.1, -0.05) is 0 Å². The van der Waals surface area contributed by atoms with Gasteiger partial charge in [0.1, 0.15) is 0 Å². The smallest absolute Gasteiger partial charge is 0.480 e. The zero-order valence-electron chi connectivity index (χ0n) is 19.3. The molecule has 8 N–H and O–H groups in total. The zero-order valence-corrected chi connectivity index (χ0v) is 24.1. The van der Waals surface area contributed by atoms with Crippen molar-refractivity contribution < 1.29 is 42.7 Å². The van der Waals surface area contributed by atoms with Gasteiger partial charge in [-0.3, -0.25) is 4.79 Å². The molecule has 0 aromatic heterocycles. The van der Waals surface area contributed by atoms with Crippen molar-refractivity contribution in [2.45, 2.75) is 24.9 Å². The number of rotatable bonds is 16. The van der Waals surface area contributed by atoms with Crippen LogP contribution in [0, 0.1) is 0 Å². The summed E-state index contributed by atoms with van der Waals surface area (Å²) in [5, 5.41) is 24.7. The first kappa shape index (κ1) is 32.5. The fourth-order valence-electron chi connectivity index (χ4n) is 2.53. The summed E-state index contributed by atoms with van der Waals surface area (Å²) in [6.07, 6.45) is -0.471.